The number of hydrogen-bond donors (Lipinski definition) is 0. The number of morpholine rings is 1. The van der Waals surface area contributed by atoms with Crippen molar-refractivity contribution in [3.8, 4) is 0 Å². The summed E-state index contributed by atoms with van der Waals surface area (Å²) < 4.78 is 26.2. The molecule has 0 radical (unpaired) electrons. The molecule has 0 bridgehead atoms. The zero-order chi connectivity index (χ0) is 18.1. The highest BCUT2D eigenvalue weighted by Gasteiger charge is 2.24. The van der Waals surface area contributed by atoms with Crippen molar-refractivity contribution in [2.75, 3.05) is 93.8 Å². The van der Waals surface area contributed by atoms with Crippen molar-refractivity contribution in [1.29, 1.82) is 0 Å². The minimum atomic E-state index is -1.10. The van der Waals surface area contributed by atoms with E-state index in [-0.39, 0.29) is 13.0 Å². The van der Waals surface area contributed by atoms with E-state index in [4.69, 9.17) is 23.7 Å². The van der Waals surface area contributed by atoms with Gasteiger partial charge in [0.15, 0.2) is 0 Å². The summed E-state index contributed by atoms with van der Waals surface area (Å²) >= 11 is 0. The lowest BCUT2D eigenvalue weighted by Crippen LogP contribution is -2.53. The van der Waals surface area contributed by atoms with Gasteiger partial charge in [0.1, 0.15) is 19.6 Å². The third-order valence-corrected chi connectivity index (χ3v) is 3.64. The first-order valence-corrected chi connectivity index (χ1v) is 8.28. The summed E-state index contributed by atoms with van der Waals surface area (Å²) in [5.74, 6) is -1.10. The Morgan fingerprint density at radius 3 is 2.04 bits per heavy atom. The smallest absolute Gasteiger partial charge is 0.102 e. The summed E-state index contributed by atoms with van der Waals surface area (Å²) in [5, 5.41) is 9.93. The maximum atomic E-state index is 9.93. The van der Waals surface area contributed by atoms with Crippen LogP contribution >= 0.6 is 0 Å². The molecule has 1 aliphatic heterocycles. The standard InChI is InChI=1S/C8H18NO2.C8H16O5/c1-9(3-6-10-2)4-7-11-8-5-9;1-11-4-5-13-7-6-12-3-2-8(9)10/h3-8H2,1-2H3;2-7H2,1H3,(H,9,10)/q+1;/p-1. The number of carboxylic acids is 1. The average Bonchev–Trinajstić information content (AvgIpc) is 2.56. The number of ether oxygens (including phenoxy) is 5. The molecule has 0 spiro atoms. The summed E-state index contributed by atoms with van der Waals surface area (Å²) in [5.41, 5.74) is 0. The number of carbonyl (C=O) groups excluding carboxylic acids is 1. The Balaban J connectivity index is 0.000000446. The molecule has 0 aliphatic carbocycles. The molecule has 0 N–H and O–H groups in total. The maximum absolute atomic E-state index is 9.93. The second-order valence-corrected chi connectivity index (χ2v) is 5.74. The predicted octanol–water partition coefficient (Wildman–Crippen LogP) is -1.08. The van der Waals surface area contributed by atoms with Crippen LogP contribution in [0, 0.1) is 0 Å². The summed E-state index contributed by atoms with van der Waals surface area (Å²) in [6, 6.07) is 0. The van der Waals surface area contributed by atoms with E-state index in [0.717, 1.165) is 43.9 Å². The quantitative estimate of drug-likeness (QED) is 0.326. The molecule has 0 unspecified atom stereocenters. The first-order valence-electron chi connectivity index (χ1n) is 8.28. The number of likely N-dealkylation sites (N-methyl/N-ethyl adjacent to an activating group) is 1. The molecule has 1 aliphatic rings. The van der Waals surface area contributed by atoms with Gasteiger partial charge in [0.2, 0.25) is 0 Å². The third-order valence-electron chi connectivity index (χ3n) is 3.64. The minimum absolute atomic E-state index is 0.0714. The molecule has 0 saturated carbocycles. The summed E-state index contributed by atoms with van der Waals surface area (Å²) in [7, 11) is 5.62. The number of nitrogens with zero attached hydrogens (tertiary/aromatic N) is 1. The van der Waals surface area contributed by atoms with E-state index in [0.29, 0.717) is 26.4 Å². The zero-order valence-electron chi connectivity index (χ0n) is 15.3. The first-order chi connectivity index (χ1) is 11.5. The minimum Gasteiger partial charge on any atom is -0.550 e. The Morgan fingerprint density at radius 1 is 0.958 bits per heavy atom. The maximum Gasteiger partial charge on any atom is 0.102 e. The van der Waals surface area contributed by atoms with Crippen LogP contribution in [-0.2, 0) is 28.5 Å². The van der Waals surface area contributed by atoms with Crippen LogP contribution in [0.15, 0.2) is 0 Å². The van der Waals surface area contributed by atoms with Crippen LogP contribution in [0.2, 0.25) is 0 Å². The lowest BCUT2D eigenvalue weighted by atomic mass is 10.3. The Kier molecular flexibility index (Phi) is 15.2. The number of aliphatic carboxylic acids is 1. The van der Waals surface area contributed by atoms with Crippen LogP contribution in [0.3, 0.4) is 0 Å². The topological polar surface area (TPSA) is 86.3 Å². The Labute approximate surface area is 145 Å². The number of methoxy groups -OCH3 is 2. The summed E-state index contributed by atoms with van der Waals surface area (Å²) in [6.07, 6.45) is -0.0714. The lowest BCUT2D eigenvalue weighted by Gasteiger charge is -2.37. The van der Waals surface area contributed by atoms with Crippen molar-refractivity contribution >= 4 is 5.97 Å². The van der Waals surface area contributed by atoms with Crippen LogP contribution in [0.25, 0.3) is 0 Å². The highest BCUT2D eigenvalue weighted by atomic mass is 16.5. The molecule has 0 aromatic carbocycles. The Bertz CT molecular complexity index is 296. The van der Waals surface area contributed by atoms with Crippen LogP contribution in [-0.4, -0.2) is 104 Å². The molecule has 0 aromatic heterocycles. The van der Waals surface area contributed by atoms with Gasteiger partial charge in [-0.05, 0) is 0 Å². The van der Waals surface area contributed by atoms with E-state index < -0.39 is 5.97 Å². The molecule has 1 saturated heterocycles. The van der Waals surface area contributed by atoms with E-state index in [1.165, 1.54) is 0 Å². The van der Waals surface area contributed by atoms with E-state index in [1.807, 2.05) is 0 Å². The average molecular weight is 351 g/mol. The number of hydrogen-bond acceptors (Lipinski definition) is 7. The normalized spacial score (nSPS) is 16.3. The first kappa shape index (κ1) is 23.2. The monoisotopic (exact) mass is 351 g/mol. The predicted molar refractivity (Wildman–Crippen MR) is 86.6 cm³/mol. The van der Waals surface area contributed by atoms with E-state index >= 15 is 0 Å². The number of carbonyl (C=O) groups is 1. The van der Waals surface area contributed by atoms with Gasteiger partial charge in [-0.1, -0.05) is 0 Å². The van der Waals surface area contributed by atoms with Gasteiger partial charge >= 0.3 is 0 Å². The number of rotatable bonds is 12. The Hall–Kier alpha value is -0.770. The zero-order valence-corrected chi connectivity index (χ0v) is 15.3. The molecule has 1 rings (SSSR count). The van der Waals surface area contributed by atoms with Crippen molar-refractivity contribution in [3.63, 3.8) is 0 Å². The van der Waals surface area contributed by atoms with Gasteiger partial charge in [0, 0.05) is 26.6 Å². The molecule has 0 aromatic rings. The van der Waals surface area contributed by atoms with Gasteiger partial charge in [-0.3, -0.25) is 0 Å². The van der Waals surface area contributed by atoms with Gasteiger partial charge in [-0.25, -0.2) is 0 Å². The van der Waals surface area contributed by atoms with Crippen LogP contribution in [0.5, 0.6) is 0 Å². The van der Waals surface area contributed by atoms with Crippen molar-refractivity contribution in [2.45, 2.75) is 6.42 Å². The van der Waals surface area contributed by atoms with Gasteiger partial charge in [-0.2, -0.15) is 0 Å². The van der Waals surface area contributed by atoms with Gasteiger partial charge < -0.3 is 38.1 Å². The molecule has 1 fully saturated rings. The number of quaternary nitrogens is 1. The number of carboxylic acid groups (broad SMARTS) is 1. The van der Waals surface area contributed by atoms with E-state index in [9.17, 15) is 9.90 Å². The van der Waals surface area contributed by atoms with E-state index in [1.54, 1.807) is 14.2 Å². The molecule has 8 nitrogen and oxygen atoms in total. The fraction of sp³-hybridized carbons (Fsp3) is 0.938. The van der Waals surface area contributed by atoms with Crippen LogP contribution < -0.4 is 5.11 Å². The van der Waals surface area contributed by atoms with E-state index in [2.05, 4.69) is 7.05 Å². The molecular weight excluding hydrogens is 318 g/mol. The summed E-state index contributed by atoms with van der Waals surface area (Å²) in [6.45, 7) is 8.15. The lowest BCUT2D eigenvalue weighted by molar-refractivity contribution is -0.917. The van der Waals surface area contributed by atoms with Crippen LogP contribution in [0.4, 0.5) is 0 Å². The van der Waals surface area contributed by atoms with Crippen LogP contribution in [0.1, 0.15) is 6.42 Å². The fourth-order valence-corrected chi connectivity index (χ4v) is 1.94. The largest absolute Gasteiger partial charge is 0.550 e. The van der Waals surface area contributed by atoms with Crippen molar-refractivity contribution < 1.29 is 38.1 Å². The highest BCUT2D eigenvalue weighted by molar-refractivity contribution is 5.64. The third kappa shape index (κ3) is 14.8. The fourth-order valence-electron chi connectivity index (χ4n) is 1.94. The Morgan fingerprint density at radius 2 is 1.50 bits per heavy atom. The molecular formula is C16H33NO7. The molecule has 1 heterocycles. The SMILES string of the molecule is COCCOCCOCCC(=O)[O-].COCC[N+]1(C)CCOCC1. The molecule has 0 atom stereocenters. The van der Waals surface area contributed by atoms with Gasteiger partial charge in [-0.15, -0.1) is 0 Å². The van der Waals surface area contributed by atoms with Gasteiger partial charge in [0.05, 0.1) is 59.9 Å². The van der Waals surface area contributed by atoms with Crippen molar-refractivity contribution in [2.24, 2.45) is 0 Å². The molecule has 8 heteroatoms. The highest BCUT2D eigenvalue weighted by Crippen LogP contribution is 2.06. The summed E-state index contributed by atoms with van der Waals surface area (Å²) in [4.78, 5) is 9.93. The molecule has 144 valence electrons. The molecule has 0 amide bonds. The second kappa shape index (κ2) is 15.7. The van der Waals surface area contributed by atoms with Gasteiger partial charge in [0.25, 0.3) is 0 Å². The second-order valence-electron chi connectivity index (χ2n) is 5.74. The van der Waals surface area contributed by atoms with Crippen molar-refractivity contribution in [1.82, 2.24) is 0 Å². The molecule has 24 heavy (non-hydrogen) atoms. The van der Waals surface area contributed by atoms with Crippen molar-refractivity contribution in [3.05, 3.63) is 0 Å².